The highest BCUT2D eigenvalue weighted by Gasteiger charge is 2.32. The number of carbonyl (C=O) groups is 1. The van der Waals surface area contributed by atoms with Gasteiger partial charge in [0.1, 0.15) is 11.5 Å². The quantitative estimate of drug-likeness (QED) is 0.814. The van der Waals surface area contributed by atoms with Crippen molar-refractivity contribution in [1.82, 2.24) is 14.3 Å². The Hall–Kier alpha value is -1.26. The van der Waals surface area contributed by atoms with Crippen molar-refractivity contribution in [3.63, 3.8) is 0 Å². The molecule has 2 aromatic rings. The molecule has 6 heteroatoms. The fraction of sp³-hybridized carbons (Fsp3) is 0.385. The normalized spacial score (nSPS) is 14.2. The minimum atomic E-state index is -0.00350. The summed E-state index contributed by atoms with van der Waals surface area (Å²) < 4.78 is 1.96. The van der Waals surface area contributed by atoms with Crippen LogP contribution in [0.4, 0.5) is 0 Å². The summed E-state index contributed by atoms with van der Waals surface area (Å²) in [6, 6.07) is 6.23. The third kappa shape index (κ3) is 3.01. The van der Waals surface area contributed by atoms with Gasteiger partial charge in [-0.1, -0.05) is 6.07 Å². The number of fused-ring (bicyclic) bond motifs is 1. The standard InChI is InChI=1S/C13H14ClN3O.ClH/c14-7-13(18)17(11-4-5-11)9-10-8-16-6-2-1-3-12(16)15-10;/h1-3,6,8,11H,4-5,7,9H2;1H. The largest absolute Gasteiger partial charge is 0.333 e. The van der Waals surface area contributed by atoms with Crippen LogP contribution in [-0.4, -0.2) is 32.1 Å². The summed E-state index contributed by atoms with van der Waals surface area (Å²) in [4.78, 5) is 18.1. The molecule has 0 bridgehead atoms. The fourth-order valence-corrected chi connectivity index (χ4v) is 2.28. The number of hydrogen-bond acceptors (Lipinski definition) is 2. The molecule has 4 nitrogen and oxygen atoms in total. The molecular weight excluding hydrogens is 285 g/mol. The Bertz CT molecular complexity index is 547. The Morgan fingerprint density at radius 2 is 2.26 bits per heavy atom. The van der Waals surface area contributed by atoms with E-state index in [1.54, 1.807) is 0 Å². The van der Waals surface area contributed by atoms with Gasteiger partial charge in [-0.3, -0.25) is 4.79 Å². The number of imidazole rings is 1. The average Bonchev–Trinajstić information content (AvgIpc) is 3.14. The first kappa shape index (κ1) is 14.2. The second-order valence-corrected chi connectivity index (χ2v) is 4.85. The van der Waals surface area contributed by atoms with Crippen molar-refractivity contribution in [3.05, 3.63) is 36.3 Å². The number of pyridine rings is 1. The molecule has 0 N–H and O–H groups in total. The molecule has 0 radical (unpaired) electrons. The van der Waals surface area contributed by atoms with Crippen LogP contribution in [0, 0.1) is 0 Å². The molecule has 2 heterocycles. The SMILES string of the molecule is Cl.O=C(CCl)N(Cc1cn2ccccc2n1)C1CC1. The lowest BCUT2D eigenvalue weighted by Crippen LogP contribution is -2.33. The Labute approximate surface area is 122 Å². The third-order valence-corrected chi connectivity index (χ3v) is 3.40. The number of aromatic nitrogens is 2. The van der Waals surface area contributed by atoms with E-state index < -0.39 is 0 Å². The number of halogens is 2. The van der Waals surface area contributed by atoms with Crippen molar-refractivity contribution in [3.8, 4) is 0 Å². The highest BCUT2D eigenvalue weighted by molar-refractivity contribution is 6.27. The number of rotatable bonds is 4. The second kappa shape index (κ2) is 5.80. The maximum absolute atomic E-state index is 11.8. The van der Waals surface area contributed by atoms with E-state index in [-0.39, 0.29) is 24.2 Å². The zero-order chi connectivity index (χ0) is 12.5. The molecule has 1 amide bonds. The van der Waals surface area contributed by atoms with E-state index >= 15 is 0 Å². The smallest absolute Gasteiger partial charge is 0.238 e. The number of nitrogens with zero attached hydrogens (tertiary/aromatic N) is 3. The highest BCUT2D eigenvalue weighted by Crippen LogP contribution is 2.28. The van der Waals surface area contributed by atoms with Gasteiger partial charge in [0, 0.05) is 18.4 Å². The van der Waals surface area contributed by atoms with Crippen LogP contribution in [-0.2, 0) is 11.3 Å². The maximum Gasteiger partial charge on any atom is 0.238 e. The summed E-state index contributed by atoms with van der Waals surface area (Å²) in [5.74, 6) is 0.0420. The highest BCUT2D eigenvalue weighted by atomic mass is 35.5. The summed E-state index contributed by atoms with van der Waals surface area (Å²) in [5.41, 5.74) is 1.81. The van der Waals surface area contributed by atoms with Gasteiger partial charge in [0.2, 0.25) is 5.91 Å². The van der Waals surface area contributed by atoms with E-state index in [1.807, 2.05) is 39.9 Å². The van der Waals surface area contributed by atoms with E-state index in [2.05, 4.69) is 4.98 Å². The van der Waals surface area contributed by atoms with Crippen molar-refractivity contribution < 1.29 is 4.79 Å². The molecule has 3 rings (SSSR count). The van der Waals surface area contributed by atoms with Crippen LogP contribution < -0.4 is 0 Å². The van der Waals surface area contributed by atoms with E-state index in [9.17, 15) is 4.79 Å². The Balaban J connectivity index is 0.00000133. The first-order valence-corrected chi connectivity index (χ1v) is 6.59. The molecule has 0 saturated heterocycles. The number of carbonyl (C=O) groups excluding carboxylic acids is 1. The van der Waals surface area contributed by atoms with Crippen molar-refractivity contribution in [2.75, 3.05) is 5.88 Å². The topological polar surface area (TPSA) is 37.6 Å². The molecule has 1 saturated carbocycles. The third-order valence-electron chi connectivity index (χ3n) is 3.17. The first-order chi connectivity index (χ1) is 8.78. The van der Waals surface area contributed by atoms with Crippen molar-refractivity contribution >= 4 is 35.6 Å². The van der Waals surface area contributed by atoms with Crippen LogP contribution in [0.25, 0.3) is 5.65 Å². The summed E-state index contributed by atoms with van der Waals surface area (Å²) >= 11 is 5.65. The fourth-order valence-electron chi connectivity index (χ4n) is 2.12. The van der Waals surface area contributed by atoms with Gasteiger partial charge < -0.3 is 9.30 Å². The van der Waals surface area contributed by atoms with Crippen LogP contribution in [0.5, 0.6) is 0 Å². The van der Waals surface area contributed by atoms with Gasteiger partial charge in [-0.15, -0.1) is 24.0 Å². The molecule has 1 aliphatic carbocycles. The summed E-state index contributed by atoms with van der Waals surface area (Å²) in [6.45, 7) is 0.553. The van der Waals surface area contributed by atoms with Gasteiger partial charge in [-0.2, -0.15) is 0 Å². The first-order valence-electron chi connectivity index (χ1n) is 6.06. The van der Waals surface area contributed by atoms with Gasteiger partial charge >= 0.3 is 0 Å². The van der Waals surface area contributed by atoms with E-state index in [0.29, 0.717) is 12.6 Å². The summed E-state index contributed by atoms with van der Waals surface area (Å²) in [5, 5.41) is 0. The number of amides is 1. The monoisotopic (exact) mass is 299 g/mol. The maximum atomic E-state index is 11.8. The van der Waals surface area contributed by atoms with Crippen molar-refractivity contribution in [1.29, 1.82) is 0 Å². The van der Waals surface area contributed by atoms with Gasteiger partial charge in [-0.05, 0) is 25.0 Å². The van der Waals surface area contributed by atoms with Crippen LogP contribution in [0.1, 0.15) is 18.5 Å². The molecule has 1 fully saturated rings. The van der Waals surface area contributed by atoms with Gasteiger partial charge in [0.15, 0.2) is 0 Å². The van der Waals surface area contributed by atoms with Crippen LogP contribution in [0.2, 0.25) is 0 Å². The predicted octanol–water partition coefficient (Wildman–Crippen LogP) is 2.49. The number of hydrogen-bond donors (Lipinski definition) is 0. The zero-order valence-electron chi connectivity index (χ0n) is 10.3. The number of alkyl halides is 1. The van der Waals surface area contributed by atoms with Gasteiger partial charge in [0.05, 0.1) is 12.2 Å². The summed E-state index contributed by atoms with van der Waals surface area (Å²) in [7, 11) is 0. The van der Waals surface area contributed by atoms with Gasteiger partial charge in [0.25, 0.3) is 0 Å². The molecule has 0 unspecified atom stereocenters. The predicted molar refractivity (Wildman–Crippen MR) is 76.7 cm³/mol. The molecular formula is C13H15Cl2N3O. The molecule has 102 valence electrons. The Morgan fingerprint density at radius 1 is 1.47 bits per heavy atom. The molecule has 2 aromatic heterocycles. The lowest BCUT2D eigenvalue weighted by Gasteiger charge is -2.19. The zero-order valence-corrected chi connectivity index (χ0v) is 11.9. The van der Waals surface area contributed by atoms with E-state index in [4.69, 9.17) is 11.6 Å². The van der Waals surface area contributed by atoms with Crippen LogP contribution >= 0.6 is 24.0 Å². The van der Waals surface area contributed by atoms with Gasteiger partial charge in [-0.25, -0.2) is 4.98 Å². The van der Waals surface area contributed by atoms with Crippen molar-refractivity contribution in [2.24, 2.45) is 0 Å². The second-order valence-electron chi connectivity index (χ2n) is 4.58. The lowest BCUT2D eigenvalue weighted by atomic mass is 10.4. The van der Waals surface area contributed by atoms with Crippen molar-refractivity contribution in [2.45, 2.75) is 25.4 Å². The molecule has 19 heavy (non-hydrogen) atoms. The summed E-state index contributed by atoms with van der Waals surface area (Å²) in [6.07, 6.45) is 6.08. The lowest BCUT2D eigenvalue weighted by molar-refractivity contribution is -0.129. The minimum absolute atomic E-state index is 0. The molecule has 0 atom stereocenters. The van der Waals surface area contributed by atoms with Crippen LogP contribution in [0.15, 0.2) is 30.6 Å². The Morgan fingerprint density at radius 3 is 2.89 bits per heavy atom. The molecule has 0 aromatic carbocycles. The Kier molecular flexibility index (Phi) is 4.32. The molecule has 1 aliphatic rings. The molecule has 0 aliphatic heterocycles. The van der Waals surface area contributed by atoms with E-state index in [0.717, 1.165) is 24.2 Å². The van der Waals surface area contributed by atoms with Crippen LogP contribution in [0.3, 0.4) is 0 Å². The minimum Gasteiger partial charge on any atom is -0.333 e. The van der Waals surface area contributed by atoms with E-state index in [1.165, 1.54) is 0 Å². The average molecular weight is 300 g/mol. The molecule has 0 spiro atoms.